The molecule has 1 aliphatic carbocycles. The van der Waals surface area contributed by atoms with E-state index in [0.29, 0.717) is 25.3 Å². The third-order valence-corrected chi connectivity index (χ3v) is 6.54. The number of aryl methyl sites for hydroxylation is 2. The van der Waals surface area contributed by atoms with E-state index in [0.717, 1.165) is 18.9 Å². The molecule has 1 aromatic carbocycles. The van der Waals surface area contributed by atoms with Crippen molar-refractivity contribution in [1.82, 2.24) is 15.1 Å². The van der Waals surface area contributed by atoms with Crippen molar-refractivity contribution in [1.29, 1.82) is 0 Å². The van der Waals surface area contributed by atoms with Gasteiger partial charge in [-0.3, -0.25) is 9.48 Å². The number of aromatic nitrogens is 2. The zero-order valence-corrected chi connectivity index (χ0v) is 21.4. The number of hydrogen-bond donors (Lipinski definition) is 2. The third-order valence-electron chi connectivity index (χ3n) is 6.18. The quantitative estimate of drug-likeness (QED) is 0.477. The average molecular weight is 554 g/mol. The second-order valence-electron chi connectivity index (χ2n) is 8.91. The lowest BCUT2D eigenvalue weighted by Gasteiger charge is -2.34. The minimum absolute atomic E-state index is 0.0454. The maximum atomic E-state index is 14.8. The summed E-state index contributed by atoms with van der Waals surface area (Å²) in [7, 11) is 0. The number of benzene rings is 1. The van der Waals surface area contributed by atoms with Gasteiger partial charge < -0.3 is 10.4 Å². The summed E-state index contributed by atoms with van der Waals surface area (Å²) in [6.45, 7) is 4.22. The first-order valence-electron chi connectivity index (χ1n) is 11.4. The molecule has 1 aliphatic rings. The molecule has 36 heavy (non-hydrogen) atoms. The Kier molecular flexibility index (Phi) is 10.6. The zero-order valence-electron chi connectivity index (χ0n) is 19.8. The van der Waals surface area contributed by atoms with Crippen LogP contribution in [0.25, 0.3) is 11.3 Å². The van der Waals surface area contributed by atoms with Gasteiger partial charge in [0.25, 0.3) is 5.91 Å². The number of hydrogen-bond acceptors (Lipinski definition) is 5. The average Bonchev–Trinajstić information content (AvgIpc) is 3.14. The van der Waals surface area contributed by atoms with E-state index in [1.54, 1.807) is 6.92 Å². The molecule has 13 heteroatoms. The van der Waals surface area contributed by atoms with Crippen molar-refractivity contribution in [3.63, 3.8) is 0 Å². The Balaban J connectivity index is 0.00000145. The molecule has 2 N–H and O–H groups in total. The van der Waals surface area contributed by atoms with Gasteiger partial charge in [0.2, 0.25) is 0 Å². The van der Waals surface area contributed by atoms with Gasteiger partial charge >= 0.3 is 17.7 Å². The molecule has 0 saturated heterocycles. The molecule has 0 bridgehead atoms. The highest BCUT2D eigenvalue weighted by atomic mass is 35.5. The molecule has 0 spiro atoms. The van der Waals surface area contributed by atoms with Crippen LogP contribution in [0.4, 0.5) is 17.6 Å². The maximum absolute atomic E-state index is 14.8. The van der Waals surface area contributed by atoms with Crippen molar-refractivity contribution < 1.29 is 35.9 Å². The van der Waals surface area contributed by atoms with Crippen LogP contribution in [0.3, 0.4) is 0 Å². The van der Waals surface area contributed by atoms with Crippen molar-refractivity contribution >= 4 is 29.1 Å². The minimum atomic E-state index is -4.33. The van der Waals surface area contributed by atoms with Crippen LogP contribution in [0, 0.1) is 11.7 Å². The van der Waals surface area contributed by atoms with Gasteiger partial charge in [-0.25, -0.2) is 4.39 Å². The van der Waals surface area contributed by atoms with Crippen molar-refractivity contribution in [2.75, 3.05) is 6.54 Å². The predicted molar refractivity (Wildman–Crippen MR) is 127 cm³/mol. The van der Waals surface area contributed by atoms with Gasteiger partial charge in [0.1, 0.15) is 5.82 Å². The van der Waals surface area contributed by atoms with Crippen molar-refractivity contribution in [2.45, 2.75) is 70.7 Å². The van der Waals surface area contributed by atoms with E-state index >= 15 is 0 Å². The van der Waals surface area contributed by atoms with E-state index in [1.807, 2.05) is 0 Å². The molecule has 1 fully saturated rings. The normalized spacial score (nSPS) is 19.8. The molecule has 2 aromatic rings. The lowest BCUT2D eigenvalue weighted by Crippen LogP contribution is -2.45. The van der Waals surface area contributed by atoms with E-state index < -0.39 is 41.5 Å². The highest BCUT2D eigenvalue weighted by Crippen LogP contribution is 2.34. The second-order valence-corrected chi connectivity index (χ2v) is 9.43. The second kappa shape index (κ2) is 12.8. The number of rotatable bonds is 7. The molecule has 3 rings (SSSR count). The number of halogens is 5. The van der Waals surface area contributed by atoms with Gasteiger partial charge in [-0.15, -0.1) is 0 Å². The summed E-state index contributed by atoms with van der Waals surface area (Å²) in [4.78, 5) is 12.8. The molecule has 200 valence electrons. The van der Waals surface area contributed by atoms with Gasteiger partial charge in [0.15, 0.2) is 5.69 Å². The molecule has 1 aromatic heterocycles. The smallest absolute Gasteiger partial charge is 0.388 e. The fourth-order valence-corrected chi connectivity index (χ4v) is 4.39. The zero-order chi connectivity index (χ0) is 27.1. The molecule has 1 saturated carbocycles. The van der Waals surface area contributed by atoms with E-state index in [9.17, 15) is 27.5 Å². The van der Waals surface area contributed by atoms with E-state index in [2.05, 4.69) is 17.3 Å². The van der Waals surface area contributed by atoms with E-state index in [1.165, 1.54) is 16.8 Å². The summed E-state index contributed by atoms with van der Waals surface area (Å²) in [5.41, 5.74) is -0.649. The third kappa shape index (κ3) is 8.10. The van der Waals surface area contributed by atoms with Crippen LogP contribution in [-0.2, 0) is 24.5 Å². The summed E-state index contributed by atoms with van der Waals surface area (Å²) < 4.78 is 70.2. The first-order chi connectivity index (χ1) is 16.8. The highest BCUT2D eigenvalue weighted by Gasteiger charge is 2.33. The minimum Gasteiger partial charge on any atom is -0.388 e. The Morgan fingerprint density at radius 1 is 1.31 bits per heavy atom. The van der Waals surface area contributed by atoms with Crippen LogP contribution in [0.1, 0.15) is 62.0 Å². The predicted octanol–water partition coefficient (Wildman–Crippen LogP) is 4.86. The standard InChI is InChI=1S/C23H28ClF4N3O2.O2S/c1-3-31-20(16-5-4-15(12-17(16)25)8-11-23(26,27)28)18(24)19(30-31)21(32)29-13-22(33)9-6-14(2)7-10-22;1-3-2/h4-5,12,14,33H,3,6-11,13H2,1-2H3,(H,29,32);. The highest BCUT2D eigenvalue weighted by molar-refractivity contribution is 7.51. The molecule has 1 heterocycles. The monoisotopic (exact) mass is 553 g/mol. The number of amides is 1. The fraction of sp³-hybridized carbons (Fsp3) is 0.565. The lowest BCUT2D eigenvalue weighted by atomic mass is 9.79. The van der Waals surface area contributed by atoms with Crippen molar-refractivity contribution in [3.05, 3.63) is 40.3 Å². The van der Waals surface area contributed by atoms with Crippen LogP contribution >= 0.6 is 11.6 Å². The number of aliphatic hydroxyl groups is 1. The topological polar surface area (TPSA) is 101 Å². The van der Waals surface area contributed by atoms with Crippen LogP contribution in [0.15, 0.2) is 18.2 Å². The summed E-state index contributed by atoms with van der Waals surface area (Å²) in [5, 5.41) is 17.5. The Morgan fingerprint density at radius 2 is 1.92 bits per heavy atom. The largest absolute Gasteiger partial charge is 0.389 e. The van der Waals surface area contributed by atoms with Gasteiger partial charge in [0, 0.05) is 25.1 Å². The lowest BCUT2D eigenvalue weighted by molar-refractivity contribution is -0.134. The van der Waals surface area contributed by atoms with Crippen molar-refractivity contribution in [3.8, 4) is 11.3 Å². The number of carbonyl (C=O) groups is 1. The first kappa shape index (κ1) is 29.9. The molecule has 0 unspecified atom stereocenters. The summed E-state index contributed by atoms with van der Waals surface area (Å²) in [6, 6.07) is 3.81. The molecule has 7 nitrogen and oxygen atoms in total. The maximum Gasteiger partial charge on any atom is 0.389 e. The van der Waals surface area contributed by atoms with E-state index in [-0.39, 0.29) is 40.5 Å². The van der Waals surface area contributed by atoms with E-state index in [4.69, 9.17) is 20.0 Å². The summed E-state index contributed by atoms with van der Waals surface area (Å²) in [5.74, 6) is -0.792. The number of carbonyl (C=O) groups excluding carboxylic acids is 1. The summed E-state index contributed by atoms with van der Waals surface area (Å²) in [6.07, 6.45) is -2.79. The first-order valence-corrected chi connectivity index (χ1v) is 12.4. The van der Waals surface area contributed by atoms with Gasteiger partial charge in [-0.1, -0.05) is 24.6 Å². The Bertz CT molecular complexity index is 1100. The molecule has 1 amide bonds. The number of nitrogens with one attached hydrogen (secondary N) is 1. The van der Waals surface area contributed by atoms with Crippen LogP contribution in [-0.4, -0.2) is 47.5 Å². The number of alkyl halides is 3. The molecular weight excluding hydrogens is 526 g/mol. The Labute approximate surface area is 214 Å². The Morgan fingerprint density at radius 3 is 2.44 bits per heavy atom. The SMILES string of the molecule is CCn1nc(C(=O)NCC2(O)CCC(C)CC2)c(Cl)c1-c1ccc(CCC(F)(F)F)cc1F.O=S=O. The number of nitrogens with zero attached hydrogens (tertiary/aromatic N) is 2. The summed E-state index contributed by atoms with van der Waals surface area (Å²) >= 11 is 5.67. The van der Waals surface area contributed by atoms with Crippen LogP contribution < -0.4 is 5.32 Å². The Hall–Kier alpha value is -2.31. The fourth-order valence-electron chi connectivity index (χ4n) is 4.07. The van der Waals surface area contributed by atoms with Gasteiger partial charge in [0.05, 0.1) is 16.3 Å². The van der Waals surface area contributed by atoms with Gasteiger partial charge in [-0.2, -0.15) is 26.7 Å². The molecular formula is C23H28ClF4N3O4S. The van der Waals surface area contributed by atoms with Crippen LogP contribution in [0.2, 0.25) is 5.02 Å². The molecule has 0 aliphatic heterocycles. The molecule has 0 radical (unpaired) electrons. The molecule has 0 atom stereocenters. The van der Waals surface area contributed by atoms with Crippen LogP contribution in [0.5, 0.6) is 0 Å². The van der Waals surface area contributed by atoms with Gasteiger partial charge in [-0.05, 0) is 62.6 Å². The van der Waals surface area contributed by atoms with Crippen molar-refractivity contribution in [2.24, 2.45) is 5.92 Å².